The molecule has 0 saturated heterocycles. The SMILES string of the molecule is CC(C)NC(=O)Nc1ccc(C(=O)Nc2cnc(C(C)(C)C)nc2)cc1. The molecular weight excluding hydrogens is 330 g/mol. The van der Waals surface area contributed by atoms with Gasteiger partial charge in [-0.25, -0.2) is 14.8 Å². The van der Waals surface area contributed by atoms with Crippen LogP contribution in [0.1, 0.15) is 50.8 Å². The van der Waals surface area contributed by atoms with Gasteiger partial charge in [0.2, 0.25) is 0 Å². The maximum Gasteiger partial charge on any atom is 0.319 e. The number of carbonyl (C=O) groups is 2. The lowest BCUT2D eigenvalue weighted by atomic mass is 9.96. The van der Waals surface area contributed by atoms with Crippen LogP contribution in [0.3, 0.4) is 0 Å². The Labute approximate surface area is 153 Å². The standard InChI is InChI=1S/C19H25N5O2/c1-12(2)22-18(26)24-14-8-6-13(7-9-14)16(25)23-15-10-20-17(21-11-15)19(3,4)5/h6-12H,1-5H3,(H,23,25)(H2,22,24,26). The fraction of sp³-hybridized carbons (Fsp3) is 0.368. The Bertz CT molecular complexity index is 762. The van der Waals surface area contributed by atoms with E-state index in [1.54, 1.807) is 36.7 Å². The number of carbonyl (C=O) groups excluding carboxylic acids is 2. The fourth-order valence-corrected chi connectivity index (χ4v) is 2.12. The van der Waals surface area contributed by atoms with Gasteiger partial charge >= 0.3 is 6.03 Å². The smallest absolute Gasteiger partial charge is 0.319 e. The molecule has 0 radical (unpaired) electrons. The van der Waals surface area contributed by atoms with E-state index < -0.39 is 0 Å². The fourth-order valence-electron chi connectivity index (χ4n) is 2.12. The first kappa shape index (κ1) is 19.4. The number of rotatable bonds is 4. The number of aromatic nitrogens is 2. The highest BCUT2D eigenvalue weighted by Gasteiger charge is 2.17. The third kappa shape index (κ3) is 5.54. The summed E-state index contributed by atoms with van der Waals surface area (Å²) < 4.78 is 0. The minimum Gasteiger partial charge on any atom is -0.336 e. The third-order valence-corrected chi connectivity index (χ3v) is 3.41. The minimum absolute atomic E-state index is 0.0481. The topological polar surface area (TPSA) is 96.0 Å². The second-order valence-corrected chi connectivity index (χ2v) is 7.33. The number of amides is 3. The summed E-state index contributed by atoms with van der Waals surface area (Å²) in [5.74, 6) is 0.445. The van der Waals surface area contributed by atoms with Gasteiger partial charge in [0, 0.05) is 22.7 Å². The molecule has 0 fully saturated rings. The van der Waals surface area contributed by atoms with Crippen LogP contribution in [0.4, 0.5) is 16.2 Å². The van der Waals surface area contributed by atoms with Crippen LogP contribution in [0.2, 0.25) is 0 Å². The Morgan fingerprint density at radius 1 is 0.923 bits per heavy atom. The molecule has 0 bridgehead atoms. The van der Waals surface area contributed by atoms with Gasteiger partial charge in [-0.1, -0.05) is 20.8 Å². The highest BCUT2D eigenvalue weighted by molar-refractivity contribution is 6.04. The zero-order valence-electron chi connectivity index (χ0n) is 15.8. The molecule has 0 aliphatic heterocycles. The number of benzene rings is 1. The maximum atomic E-state index is 12.3. The number of hydrogen-bond donors (Lipinski definition) is 3. The molecule has 26 heavy (non-hydrogen) atoms. The van der Waals surface area contributed by atoms with Crippen molar-refractivity contribution in [2.45, 2.75) is 46.1 Å². The van der Waals surface area contributed by atoms with Crippen molar-refractivity contribution in [2.75, 3.05) is 10.6 Å². The first-order valence-electron chi connectivity index (χ1n) is 8.46. The van der Waals surface area contributed by atoms with Gasteiger partial charge in [0.25, 0.3) is 5.91 Å². The number of nitrogens with one attached hydrogen (secondary N) is 3. The molecule has 1 aromatic heterocycles. The Kier molecular flexibility index (Phi) is 5.92. The summed E-state index contributed by atoms with van der Waals surface area (Å²) in [6.07, 6.45) is 3.19. The first-order valence-corrected chi connectivity index (χ1v) is 8.46. The van der Waals surface area contributed by atoms with Crippen molar-refractivity contribution < 1.29 is 9.59 Å². The van der Waals surface area contributed by atoms with Crippen molar-refractivity contribution in [3.05, 3.63) is 48.0 Å². The average molecular weight is 355 g/mol. The monoisotopic (exact) mass is 355 g/mol. The van der Waals surface area contributed by atoms with Gasteiger partial charge in [-0.2, -0.15) is 0 Å². The van der Waals surface area contributed by atoms with E-state index in [1.807, 2.05) is 34.6 Å². The van der Waals surface area contributed by atoms with Crippen molar-refractivity contribution in [1.29, 1.82) is 0 Å². The van der Waals surface area contributed by atoms with Crippen LogP contribution in [0, 0.1) is 0 Å². The van der Waals surface area contributed by atoms with Gasteiger partial charge in [0.05, 0.1) is 18.1 Å². The first-order chi connectivity index (χ1) is 12.1. The summed E-state index contributed by atoms with van der Waals surface area (Å²) in [4.78, 5) is 32.5. The van der Waals surface area contributed by atoms with E-state index in [0.29, 0.717) is 22.8 Å². The van der Waals surface area contributed by atoms with Crippen molar-refractivity contribution >= 4 is 23.3 Å². The molecule has 3 N–H and O–H groups in total. The lowest BCUT2D eigenvalue weighted by Gasteiger charge is -2.16. The summed E-state index contributed by atoms with van der Waals surface area (Å²) in [5.41, 5.74) is 1.46. The van der Waals surface area contributed by atoms with Gasteiger partial charge < -0.3 is 16.0 Å². The maximum absolute atomic E-state index is 12.3. The van der Waals surface area contributed by atoms with Crippen LogP contribution < -0.4 is 16.0 Å². The number of hydrogen-bond acceptors (Lipinski definition) is 4. The second kappa shape index (κ2) is 7.95. The van der Waals surface area contributed by atoms with E-state index in [0.717, 1.165) is 0 Å². The largest absolute Gasteiger partial charge is 0.336 e. The van der Waals surface area contributed by atoms with E-state index in [9.17, 15) is 9.59 Å². The Hall–Kier alpha value is -2.96. The van der Waals surface area contributed by atoms with Gasteiger partial charge in [0.1, 0.15) is 5.82 Å². The predicted octanol–water partition coefficient (Wildman–Crippen LogP) is 3.56. The van der Waals surface area contributed by atoms with Gasteiger partial charge in [-0.3, -0.25) is 4.79 Å². The van der Waals surface area contributed by atoms with Gasteiger partial charge in [-0.15, -0.1) is 0 Å². The van der Waals surface area contributed by atoms with E-state index >= 15 is 0 Å². The zero-order chi connectivity index (χ0) is 19.3. The van der Waals surface area contributed by atoms with Crippen LogP contribution in [-0.2, 0) is 5.41 Å². The molecule has 1 heterocycles. The molecule has 0 spiro atoms. The third-order valence-electron chi connectivity index (χ3n) is 3.41. The number of urea groups is 1. The molecule has 1 aromatic carbocycles. The Balaban J connectivity index is 1.98. The summed E-state index contributed by atoms with van der Waals surface area (Å²) in [7, 11) is 0. The molecule has 2 rings (SSSR count). The average Bonchev–Trinajstić information content (AvgIpc) is 2.54. The van der Waals surface area contributed by atoms with E-state index in [4.69, 9.17) is 0 Å². The Morgan fingerprint density at radius 2 is 1.50 bits per heavy atom. The van der Waals surface area contributed by atoms with Crippen molar-refractivity contribution in [1.82, 2.24) is 15.3 Å². The van der Waals surface area contributed by atoms with Crippen molar-refractivity contribution in [3.63, 3.8) is 0 Å². The summed E-state index contributed by atoms with van der Waals surface area (Å²) in [5, 5.41) is 8.20. The van der Waals surface area contributed by atoms with Crippen LogP contribution in [0.5, 0.6) is 0 Å². The normalized spacial score (nSPS) is 11.2. The van der Waals surface area contributed by atoms with Crippen molar-refractivity contribution in [3.8, 4) is 0 Å². The van der Waals surface area contributed by atoms with Crippen molar-refractivity contribution in [2.24, 2.45) is 0 Å². The molecule has 0 saturated carbocycles. The van der Waals surface area contributed by atoms with Gasteiger partial charge in [-0.05, 0) is 38.1 Å². The van der Waals surface area contributed by atoms with Crippen LogP contribution in [-0.4, -0.2) is 27.9 Å². The Morgan fingerprint density at radius 3 is 2.00 bits per heavy atom. The molecule has 2 aromatic rings. The quantitative estimate of drug-likeness (QED) is 0.781. The highest BCUT2D eigenvalue weighted by Crippen LogP contribution is 2.18. The zero-order valence-corrected chi connectivity index (χ0v) is 15.8. The van der Waals surface area contributed by atoms with Crippen LogP contribution in [0.25, 0.3) is 0 Å². The van der Waals surface area contributed by atoms with E-state index in [2.05, 4.69) is 25.9 Å². The molecule has 0 aliphatic rings. The number of nitrogens with zero attached hydrogens (tertiary/aromatic N) is 2. The molecule has 7 nitrogen and oxygen atoms in total. The lowest BCUT2D eigenvalue weighted by molar-refractivity contribution is 0.102. The predicted molar refractivity (Wildman–Crippen MR) is 102 cm³/mol. The molecule has 138 valence electrons. The highest BCUT2D eigenvalue weighted by atomic mass is 16.2. The lowest BCUT2D eigenvalue weighted by Crippen LogP contribution is -2.34. The van der Waals surface area contributed by atoms with Crippen LogP contribution in [0.15, 0.2) is 36.7 Å². The molecule has 0 unspecified atom stereocenters. The van der Waals surface area contributed by atoms with Gasteiger partial charge in [0.15, 0.2) is 0 Å². The van der Waals surface area contributed by atoms with E-state index in [1.165, 1.54) is 0 Å². The summed E-state index contributed by atoms with van der Waals surface area (Å²) in [6, 6.07) is 6.40. The minimum atomic E-state index is -0.284. The number of anilines is 2. The summed E-state index contributed by atoms with van der Waals surface area (Å²) in [6.45, 7) is 9.84. The molecule has 0 aliphatic carbocycles. The molecule has 3 amide bonds. The summed E-state index contributed by atoms with van der Waals surface area (Å²) >= 11 is 0. The van der Waals surface area contributed by atoms with E-state index in [-0.39, 0.29) is 23.4 Å². The molecule has 0 atom stereocenters. The molecule has 7 heteroatoms. The molecular formula is C19H25N5O2. The second-order valence-electron chi connectivity index (χ2n) is 7.33. The van der Waals surface area contributed by atoms with Crippen LogP contribution >= 0.6 is 0 Å².